The van der Waals surface area contributed by atoms with Gasteiger partial charge in [0.2, 0.25) is 0 Å². The molecular formula is C14H20F3NO. The lowest BCUT2D eigenvalue weighted by Gasteiger charge is -2.25. The summed E-state index contributed by atoms with van der Waals surface area (Å²) >= 11 is 0. The molecule has 0 bridgehead atoms. The second-order valence-corrected chi connectivity index (χ2v) is 5.21. The fraction of sp³-hybridized carbons (Fsp3) is 0.571. The number of rotatable bonds is 5. The number of benzene rings is 1. The first-order chi connectivity index (χ1) is 8.63. The average molecular weight is 275 g/mol. The molecule has 0 aliphatic carbocycles. The second-order valence-electron chi connectivity index (χ2n) is 5.21. The zero-order chi connectivity index (χ0) is 14.7. The molecule has 5 heteroatoms. The van der Waals surface area contributed by atoms with Gasteiger partial charge in [-0.25, -0.2) is 0 Å². The Bertz CT molecular complexity index is 413. The van der Waals surface area contributed by atoms with Crippen LogP contribution in [-0.2, 0) is 11.8 Å². The Kier molecular flexibility index (Phi) is 4.98. The molecule has 108 valence electrons. The summed E-state index contributed by atoms with van der Waals surface area (Å²) < 4.78 is 37.9. The molecule has 0 saturated heterocycles. The molecule has 0 aromatic heterocycles. The topological polar surface area (TPSA) is 32.3 Å². The second kappa shape index (κ2) is 5.92. The normalized spacial score (nSPS) is 15.6. The molecule has 0 amide bonds. The highest BCUT2D eigenvalue weighted by atomic mass is 19.4. The van der Waals surface area contributed by atoms with E-state index in [0.717, 1.165) is 12.1 Å². The van der Waals surface area contributed by atoms with Gasteiger partial charge < -0.3 is 10.4 Å². The maximum absolute atomic E-state index is 12.6. The molecule has 0 aliphatic heterocycles. The van der Waals surface area contributed by atoms with Gasteiger partial charge in [-0.3, -0.25) is 0 Å². The van der Waals surface area contributed by atoms with Crippen molar-refractivity contribution in [2.45, 2.75) is 45.0 Å². The Morgan fingerprint density at radius 1 is 1.21 bits per heavy atom. The highest BCUT2D eigenvalue weighted by molar-refractivity contribution is 5.29. The molecule has 2 N–H and O–H groups in total. The van der Waals surface area contributed by atoms with Crippen molar-refractivity contribution in [3.05, 3.63) is 35.4 Å². The van der Waals surface area contributed by atoms with E-state index < -0.39 is 17.3 Å². The Morgan fingerprint density at radius 3 is 2.32 bits per heavy atom. The summed E-state index contributed by atoms with van der Waals surface area (Å²) in [4.78, 5) is 0. The lowest BCUT2D eigenvalue weighted by Crippen LogP contribution is -2.31. The SMILES string of the molecule is CC(C)NCCC(C)(O)c1cccc(C(F)(F)F)c1. The quantitative estimate of drug-likeness (QED) is 0.864. The van der Waals surface area contributed by atoms with Gasteiger partial charge >= 0.3 is 6.18 Å². The molecule has 1 aromatic rings. The molecule has 0 aliphatic rings. The van der Waals surface area contributed by atoms with Crippen LogP contribution in [0, 0.1) is 0 Å². The molecule has 1 rings (SSSR count). The number of hydrogen-bond donors (Lipinski definition) is 2. The van der Waals surface area contributed by atoms with Crippen molar-refractivity contribution in [2.75, 3.05) is 6.54 Å². The van der Waals surface area contributed by atoms with E-state index in [0.29, 0.717) is 13.0 Å². The minimum Gasteiger partial charge on any atom is -0.385 e. The Labute approximate surface area is 111 Å². The van der Waals surface area contributed by atoms with Crippen molar-refractivity contribution in [3.63, 3.8) is 0 Å². The molecule has 0 radical (unpaired) electrons. The van der Waals surface area contributed by atoms with E-state index in [2.05, 4.69) is 5.32 Å². The van der Waals surface area contributed by atoms with Crippen molar-refractivity contribution in [1.29, 1.82) is 0 Å². The van der Waals surface area contributed by atoms with E-state index in [-0.39, 0.29) is 11.6 Å². The van der Waals surface area contributed by atoms with Crippen LogP contribution in [0.5, 0.6) is 0 Å². The van der Waals surface area contributed by atoms with E-state index in [9.17, 15) is 18.3 Å². The van der Waals surface area contributed by atoms with E-state index in [4.69, 9.17) is 0 Å². The first kappa shape index (κ1) is 16.0. The third-order valence-corrected chi connectivity index (χ3v) is 2.98. The summed E-state index contributed by atoms with van der Waals surface area (Å²) in [6.45, 7) is 6.02. The predicted molar refractivity (Wildman–Crippen MR) is 68.8 cm³/mol. The fourth-order valence-corrected chi connectivity index (χ4v) is 1.78. The standard InChI is InChI=1S/C14H20F3NO/c1-10(2)18-8-7-13(3,19)11-5-4-6-12(9-11)14(15,16)17/h4-6,9-10,18-19H,7-8H2,1-3H3. The lowest BCUT2D eigenvalue weighted by molar-refractivity contribution is -0.137. The monoisotopic (exact) mass is 275 g/mol. The molecule has 1 atom stereocenters. The van der Waals surface area contributed by atoms with Gasteiger partial charge in [0, 0.05) is 6.04 Å². The molecule has 0 heterocycles. The molecule has 0 spiro atoms. The van der Waals surface area contributed by atoms with Crippen LogP contribution < -0.4 is 5.32 Å². The summed E-state index contributed by atoms with van der Waals surface area (Å²) in [5.41, 5.74) is -1.72. The van der Waals surface area contributed by atoms with E-state index in [1.54, 1.807) is 0 Å². The van der Waals surface area contributed by atoms with Crippen LogP contribution in [0.3, 0.4) is 0 Å². The van der Waals surface area contributed by atoms with Crippen LogP contribution in [0.15, 0.2) is 24.3 Å². The summed E-state index contributed by atoms with van der Waals surface area (Å²) in [6.07, 6.45) is -4.03. The van der Waals surface area contributed by atoms with Crippen LogP contribution in [0.1, 0.15) is 38.3 Å². The number of alkyl halides is 3. The molecule has 2 nitrogen and oxygen atoms in total. The van der Waals surface area contributed by atoms with Crippen molar-refractivity contribution in [3.8, 4) is 0 Å². The minimum absolute atomic E-state index is 0.275. The summed E-state index contributed by atoms with van der Waals surface area (Å²) in [5, 5.41) is 13.4. The molecule has 1 unspecified atom stereocenters. The van der Waals surface area contributed by atoms with Crippen LogP contribution >= 0.6 is 0 Å². The zero-order valence-electron chi connectivity index (χ0n) is 11.4. The van der Waals surface area contributed by atoms with Gasteiger partial charge in [0.05, 0.1) is 11.2 Å². The summed E-state index contributed by atoms with van der Waals surface area (Å²) in [5.74, 6) is 0. The number of hydrogen-bond acceptors (Lipinski definition) is 2. The lowest BCUT2D eigenvalue weighted by atomic mass is 9.91. The Hall–Kier alpha value is -1.07. The summed E-state index contributed by atoms with van der Waals surface area (Å²) in [7, 11) is 0. The highest BCUT2D eigenvalue weighted by Gasteiger charge is 2.32. The molecule has 0 fully saturated rings. The van der Waals surface area contributed by atoms with Gasteiger partial charge in [-0.05, 0) is 37.6 Å². The maximum atomic E-state index is 12.6. The maximum Gasteiger partial charge on any atom is 0.416 e. The van der Waals surface area contributed by atoms with Crippen LogP contribution in [0.25, 0.3) is 0 Å². The van der Waals surface area contributed by atoms with Crippen LogP contribution in [0.4, 0.5) is 13.2 Å². The van der Waals surface area contributed by atoms with E-state index >= 15 is 0 Å². The summed E-state index contributed by atoms with van der Waals surface area (Å²) in [6, 6.07) is 5.13. The van der Waals surface area contributed by atoms with Crippen LogP contribution in [0.2, 0.25) is 0 Å². The van der Waals surface area contributed by atoms with Crippen LogP contribution in [-0.4, -0.2) is 17.7 Å². The van der Waals surface area contributed by atoms with Gasteiger partial charge in [-0.1, -0.05) is 26.0 Å². The average Bonchev–Trinajstić information content (AvgIpc) is 2.27. The number of aliphatic hydroxyl groups is 1. The largest absolute Gasteiger partial charge is 0.416 e. The third-order valence-electron chi connectivity index (χ3n) is 2.98. The number of nitrogens with one attached hydrogen (secondary N) is 1. The Balaban J connectivity index is 2.83. The predicted octanol–water partition coefficient (Wildman–Crippen LogP) is 3.30. The molecule has 19 heavy (non-hydrogen) atoms. The van der Waals surface area contributed by atoms with Crippen molar-refractivity contribution < 1.29 is 18.3 Å². The van der Waals surface area contributed by atoms with Gasteiger partial charge in [0.15, 0.2) is 0 Å². The van der Waals surface area contributed by atoms with Crippen molar-refractivity contribution in [1.82, 2.24) is 5.32 Å². The van der Waals surface area contributed by atoms with Gasteiger partial charge in [0.25, 0.3) is 0 Å². The zero-order valence-corrected chi connectivity index (χ0v) is 11.4. The van der Waals surface area contributed by atoms with Gasteiger partial charge in [0.1, 0.15) is 0 Å². The first-order valence-corrected chi connectivity index (χ1v) is 6.26. The highest BCUT2D eigenvalue weighted by Crippen LogP contribution is 2.32. The first-order valence-electron chi connectivity index (χ1n) is 6.26. The molecule has 0 saturated carbocycles. The molecular weight excluding hydrogens is 255 g/mol. The van der Waals surface area contributed by atoms with E-state index in [1.807, 2.05) is 13.8 Å². The van der Waals surface area contributed by atoms with Gasteiger partial charge in [-0.2, -0.15) is 13.2 Å². The Morgan fingerprint density at radius 2 is 1.79 bits per heavy atom. The van der Waals surface area contributed by atoms with Crippen molar-refractivity contribution in [2.24, 2.45) is 0 Å². The van der Waals surface area contributed by atoms with E-state index in [1.165, 1.54) is 19.1 Å². The van der Waals surface area contributed by atoms with Gasteiger partial charge in [-0.15, -0.1) is 0 Å². The fourth-order valence-electron chi connectivity index (χ4n) is 1.78. The van der Waals surface area contributed by atoms with Crippen molar-refractivity contribution >= 4 is 0 Å². The molecule has 1 aromatic carbocycles. The smallest absolute Gasteiger partial charge is 0.385 e. The number of halogens is 3. The minimum atomic E-state index is -4.39. The third kappa shape index (κ3) is 4.84.